The molecule has 0 saturated carbocycles. The van der Waals surface area contributed by atoms with E-state index >= 15 is 0 Å². The van der Waals surface area contributed by atoms with E-state index in [-0.39, 0.29) is 0 Å². The highest BCUT2D eigenvalue weighted by molar-refractivity contribution is 6.33. The summed E-state index contributed by atoms with van der Waals surface area (Å²) in [5.74, 6) is 0. The summed E-state index contributed by atoms with van der Waals surface area (Å²) in [5, 5.41) is 4.90. The monoisotopic (exact) mass is 336 g/mol. The van der Waals surface area contributed by atoms with E-state index in [9.17, 15) is 0 Å². The van der Waals surface area contributed by atoms with Gasteiger partial charge in [-0.3, -0.25) is 0 Å². The summed E-state index contributed by atoms with van der Waals surface area (Å²) in [7, 11) is 0. The molecule has 0 bridgehead atoms. The Balaban J connectivity index is 1.65. The van der Waals surface area contributed by atoms with Crippen molar-refractivity contribution in [2.24, 2.45) is 0 Å². The van der Waals surface area contributed by atoms with Crippen LogP contribution in [-0.4, -0.2) is 26.3 Å². The lowest BCUT2D eigenvalue weighted by atomic mass is 10.2. The molecule has 2 aromatic rings. The molecule has 116 valence electrons. The lowest BCUT2D eigenvalue weighted by molar-refractivity contribution is 0.122. The van der Waals surface area contributed by atoms with E-state index in [0.29, 0.717) is 0 Å². The minimum atomic E-state index is 0.740. The van der Waals surface area contributed by atoms with Crippen LogP contribution < -0.4 is 10.2 Å². The van der Waals surface area contributed by atoms with Crippen LogP contribution in [0.4, 0.5) is 11.4 Å². The van der Waals surface area contributed by atoms with Gasteiger partial charge >= 0.3 is 0 Å². The molecule has 22 heavy (non-hydrogen) atoms. The predicted molar refractivity (Wildman–Crippen MR) is 93.3 cm³/mol. The molecule has 0 spiro atoms. The van der Waals surface area contributed by atoms with Crippen molar-refractivity contribution >= 4 is 34.6 Å². The van der Waals surface area contributed by atoms with Crippen LogP contribution >= 0.6 is 23.2 Å². The number of rotatable bonds is 4. The molecule has 0 amide bonds. The lowest BCUT2D eigenvalue weighted by Crippen LogP contribution is -2.36. The first kappa shape index (κ1) is 15.5. The van der Waals surface area contributed by atoms with Crippen LogP contribution in [0.15, 0.2) is 42.5 Å². The third kappa shape index (κ3) is 3.86. The number of anilines is 2. The van der Waals surface area contributed by atoms with Gasteiger partial charge in [0.15, 0.2) is 0 Å². The predicted octanol–water partition coefficient (Wildman–Crippen LogP) is 4.44. The van der Waals surface area contributed by atoms with E-state index in [2.05, 4.69) is 22.3 Å². The van der Waals surface area contributed by atoms with Crippen molar-refractivity contribution in [3.63, 3.8) is 0 Å². The molecule has 1 heterocycles. The Morgan fingerprint density at radius 1 is 1.00 bits per heavy atom. The third-order valence-electron chi connectivity index (χ3n) is 3.71. The minimum absolute atomic E-state index is 0.740. The molecular formula is C17H18Cl2N2O. The summed E-state index contributed by atoms with van der Waals surface area (Å²) < 4.78 is 5.37. The average molecular weight is 337 g/mol. The SMILES string of the molecule is Clc1ccc(CNc2ccc(N3CCOCC3)c(Cl)c2)cc1. The maximum atomic E-state index is 6.43. The van der Waals surface area contributed by atoms with Crippen molar-refractivity contribution in [1.82, 2.24) is 0 Å². The minimum Gasteiger partial charge on any atom is -0.381 e. The van der Waals surface area contributed by atoms with Crippen LogP contribution in [-0.2, 0) is 11.3 Å². The van der Waals surface area contributed by atoms with Crippen LogP contribution in [0.2, 0.25) is 10.0 Å². The summed E-state index contributed by atoms with van der Waals surface area (Å²) in [6.07, 6.45) is 0. The van der Waals surface area contributed by atoms with Crippen molar-refractivity contribution in [2.75, 3.05) is 36.5 Å². The maximum Gasteiger partial charge on any atom is 0.0660 e. The first-order chi connectivity index (χ1) is 10.7. The molecule has 0 radical (unpaired) electrons. The van der Waals surface area contributed by atoms with Crippen molar-refractivity contribution < 1.29 is 4.74 Å². The summed E-state index contributed by atoms with van der Waals surface area (Å²) in [4.78, 5) is 2.26. The molecule has 1 fully saturated rings. The molecule has 1 saturated heterocycles. The average Bonchev–Trinajstić information content (AvgIpc) is 2.55. The van der Waals surface area contributed by atoms with E-state index in [1.165, 1.54) is 5.56 Å². The van der Waals surface area contributed by atoms with Gasteiger partial charge in [0, 0.05) is 30.3 Å². The summed E-state index contributed by atoms with van der Waals surface area (Å²) >= 11 is 12.3. The second kappa shape index (κ2) is 7.23. The van der Waals surface area contributed by atoms with Gasteiger partial charge in [-0.15, -0.1) is 0 Å². The van der Waals surface area contributed by atoms with Crippen LogP contribution in [0.25, 0.3) is 0 Å². The zero-order chi connectivity index (χ0) is 15.4. The van der Waals surface area contributed by atoms with Gasteiger partial charge in [-0.1, -0.05) is 35.3 Å². The first-order valence-electron chi connectivity index (χ1n) is 7.33. The van der Waals surface area contributed by atoms with Crippen LogP contribution in [0.1, 0.15) is 5.56 Å². The van der Waals surface area contributed by atoms with Gasteiger partial charge in [0.25, 0.3) is 0 Å². The molecule has 2 aromatic carbocycles. The van der Waals surface area contributed by atoms with Gasteiger partial charge in [-0.25, -0.2) is 0 Å². The Morgan fingerprint density at radius 2 is 1.73 bits per heavy atom. The molecule has 3 nitrogen and oxygen atoms in total. The standard InChI is InChI=1S/C17H18Cl2N2O/c18-14-3-1-13(2-4-14)12-20-15-5-6-17(16(19)11-15)21-7-9-22-10-8-21/h1-6,11,20H,7-10,12H2. The van der Waals surface area contributed by atoms with E-state index in [0.717, 1.165) is 54.3 Å². The first-order valence-corrected chi connectivity index (χ1v) is 8.08. The number of hydrogen-bond acceptors (Lipinski definition) is 3. The normalized spacial score (nSPS) is 14.9. The number of nitrogens with zero attached hydrogens (tertiary/aromatic N) is 1. The number of nitrogens with one attached hydrogen (secondary N) is 1. The lowest BCUT2D eigenvalue weighted by Gasteiger charge is -2.29. The Labute approximate surface area is 140 Å². The van der Waals surface area contributed by atoms with Gasteiger partial charge in [0.05, 0.1) is 23.9 Å². The molecule has 1 N–H and O–H groups in total. The van der Waals surface area contributed by atoms with E-state index < -0.39 is 0 Å². The molecular weight excluding hydrogens is 319 g/mol. The number of morpholine rings is 1. The Bertz CT molecular complexity index is 625. The van der Waals surface area contributed by atoms with Crippen LogP contribution in [0.3, 0.4) is 0 Å². The van der Waals surface area contributed by atoms with Gasteiger partial charge < -0.3 is 15.0 Å². The largest absolute Gasteiger partial charge is 0.381 e. The molecule has 3 rings (SSSR count). The molecule has 0 unspecified atom stereocenters. The quantitative estimate of drug-likeness (QED) is 0.893. The fourth-order valence-electron chi connectivity index (χ4n) is 2.48. The van der Waals surface area contributed by atoms with Crippen molar-refractivity contribution in [1.29, 1.82) is 0 Å². The second-order valence-electron chi connectivity index (χ2n) is 5.25. The molecule has 0 aliphatic carbocycles. The van der Waals surface area contributed by atoms with E-state index in [1.54, 1.807) is 0 Å². The van der Waals surface area contributed by atoms with Crippen LogP contribution in [0.5, 0.6) is 0 Å². The fourth-order valence-corrected chi connectivity index (χ4v) is 2.91. The number of benzene rings is 2. The maximum absolute atomic E-state index is 6.43. The molecule has 0 aromatic heterocycles. The summed E-state index contributed by atoms with van der Waals surface area (Å²) in [6, 6.07) is 13.9. The fraction of sp³-hybridized carbons (Fsp3) is 0.294. The Kier molecular flexibility index (Phi) is 5.08. The van der Waals surface area contributed by atoms with Gasteiger partial charge in [0.2, 0.25) is 0 Å². The van der Waals surface area contributed by atoms with Gasteiger partial charge in [0.1, 0.15) is 0 Å². The van der Waals surface area contributed by atoms with Crippen molar-refractivity contribution in [2.45, 2.75) is 6.54 Å². The highest BCUT2D eigenvalue weighted by atomic mass is 35.5. The Morgan fingerprint density at radius 3 is 2.41 bits per heavy atom. The molecule has 1 aliphatic heterocycles. The van der Waals surface area contributed by atoms with E-state index in [1.807, 2.05) is 30.3 Å². The van der Waals surface area contributed by atoms with Crippen molar-refractivity contribution in [3.8, 4) is 0 Å². The summed E-state index contributed by atoms with van der Waals surface area (Å²) in [5.41, 5.74) is 3.26. The van der Waals surface area contributed by atoms with Gasteiger partial charge in [-0.2, -0.15) is 0 Å². The molecule has 1 aliphatic rings. The smallest absolute Gasteiger partial charge is 0.0660 e. The summed E-state index contributed by atoms with van der Waals surface area (Å²) in [6.45, 7) is 4.03. The number of hydrogen-bond donors (Lipinski definition) is 1. The Hall–Kier alpha value is -1.42. The zero-order valence-corrected chi connectivity index (χ0v) is 13.7. The topological polar surface area (TPSA) is 24.5 Å². The van der Waals surface area contributed by atoms with Crippen molar-refractivity contribution in [3.05, 3.63) is 58.1 Å². The number of halogens is 2. The van der Waals surface area contributed by atoms with Crippen LogP contribution in [0, 0.1) is 0 Å². The molecule has 0 atom stereocenters. The van der Waals surface area contributed by atoms with Gasteiger partial charge in [-0.05, 0) is 35.9 Å². The third-order valence-corrected chi connectivity index (χ3v) is 4.26. The number of ether oxygens (including phenoxy) is 1. The zero-order valence-electron chi connectivity index (χ0n) is 12.2. The molecule has 5 heteroatoms. The van der Waals surface area contributed by atoms with E-state index in [4.69, 9.17) is 27.9 Å². The second-order valence-corrected chi connectivity index (χ2v) is 6.09. The highest BCUT2D eigenvalue weighted by Gasteiger charge is 2.14. The highest BCUT2D eigenvalue weighted by Crippen LogP contribution is 2.29.